The quantitative estimate of drug-likeness (QED) is 0.874. The number of aromatic nitrogens is 1. The van der Waals surface area contributed by atoms with Crippen LogP contribution in [-0.2, 0) is 4.79 Å². The molecule has 1 N–H and O–H groups in total. The van der Waals surface area contributed by atoms with Crippen LogP contribution in [0.2, 0.25) is 0 Å². The fourth-order valence-electron chi connectivity index (χ4n) is 2.23. The molecule has 2 rings (SSSR count). The van der Waals surface area contributed by atoms with Crippen LogP contribution in [0.1, 0.15) is 29.8 Å². The summed E-state index contributed by atoms with van der Waals surface area (Å²) in [4.78, 5) is 28.4. The number of rotatable bonds is 4. The van der Waals surface area contributed by atoms with Gasteiger partial charge in [-0.1, -0.05) is 6.07 Å². The van der Waals surface area contributed by atoms with E-state index in [4.69, 9.17) is 5.11 Å². The molecular formula is C13H16N2O3. The lowest BCUT2D eigenvalue weighted by atomic mass is 10.0. The summed E-state index contributed by atoms with van der Waals surface area (Å²) in [5.41, 5.74) is 0.455. The van der Waals surface area contributed by atoms with E-state index in [1.807, 2.05) is 0 Å². The molecule has 1 unspecified atom stereocenters. The van der Waals surface area contributed by atoms with E-state index in [0.717, 1.165) is 6.42 Å². The largest absolute Gasteiger partial charge is 0.481 e. The highest BCUT2D eigenvalue weighted by Gasteiger charge is 2.27. The molecule has 18 heavy (non-hydrogen) atoms. The summed E-state index contributed by atoms with van der Waals surface area (Å²) in [5, 5.41) is 8.64. The van der Waals surface area contributed by atoms with Gasteiger partial charge in [0.15, 0.2) is 0 Å². The Morgan fingerprint density at radius 2 is 2.28 bits per heavy atom. The van der Waals surface area contributed by atoms with E-state index in [9.17, 15) is 9.59 Å². The number of aliphatic carboxylic acids is 1. The van der Waals surface area contributed by atoms with Gasteiger partial charge in [0.1, 0.15) is 5.69 Å². The number of carbonyl (C=O) groups is 2. The molecule has 0 radical (unpaired) electrons. The van der Waals surface area contributed by atoms with Crippen molar-refractivity contribution in [2.75, 3.05) is 13.1 Å². The Morgan fingerprint density at radius 3 is 2.94 bits per heavy atom. The first-order valence-electron chi connectivity index (χ1n) is 6.09. The van der Waals surface area contributed by atoms with Crippen molar-refractivity contribution in [2.24, 2.45) is 5.92 Å². The number of carboxylic acids is 1. The molecule has 1 aromatic heterocycles. The predicted molar refractivity (Wildman–Crippen MR) is 65.1 cm³/mol. The summed E-state index contributed by atoms with van der Waals surface area (Å²) in [5.74, 6) is -0.535. The molecule has 5 heteroatoms. The highest BCUT2D eigenvalue weighted by Crippen LogP contribution is 2.22. The highest BCUT2D eigenvalue weighted by molar-refractivity contribution is 5.92. The second-order valence-electron chi connectivity index (χ2n) is 4.55. The number of carbonyl (C=O) groups excluding carboxylic acids is 1. The summed E-state index contributed by atoms with van der Waals surface area (Å²) in [6.07, 6.45) is 3.30. The fourth-order valence-corrected chi connectivity index (χ4v) is 2.23. The van der Waals surface area contributed by atoms with Crippen molar-refractivity contribution in [3.63, 3.8) is 0 Å². The van der Waals surface area contributed by atoms with Crippen LogP contribution >= 0.6 is 0 Å². The maximum atomic E-state index is 12.1. The van der Waals surface area contributed by atoms with Gasteiger partial charge >= 0.3 is 5.97 Å². The number of amides is 1. The van der Waals surface area contributed by atoms with Gasteiger partial charge < -0.3 is 10.0 Å². The molecule has 1 amide bonds. The molecular weight excluding hydrogens is 232 g/mol. The van der Waals surface area contributed by atoms with Crippen LogP contribution in [0.4, 0.5) is 0 Å². The molecule has 0 aromatic carbocycles. The van der Waals surface area contributed by atoms with Crippen molar-refractivity contribution in [2.45, 2.75) is 19.3 Å². The number of likely N-dealkylation sites (tertiary alicyclic amines) is 1. The summed E-state index contributed by atoms with van der Waals surface area (Å²) < 4.78 is 0. The molecule has 1 aliphatic rings. The van der Waals surface area contributed by atoms with Crippen molar-refractivity contribution < 1.29 is 14.7 Å². The number of hydrogen-bond donors (Lipinski definition) is 1. The molecule has 0 aliphatic carbocycles. The van der Waals surface area contributed by atoms with Gasteiger partial charge in [-0.25, -0.2) is 0 Å². The van der Waals surface area contributed by atoms with Crippen LogP contribution in [0.3, 0.4) is 0 Å². The molecule has 1 fully saturated rings. The van der Waals surface area contributed by atoms with Crippen molar-refractivity contribution >= 4 is 11.9 Å². The van der Waals surface area contributed by atoms with E-state index in [-0.39, 0.29) is 12.3 Å². The second-order valence-corrected chi connectivity index (χ2v) is 4.55. The number of pyridine rings is 1. The first kappa shape index (κ1) is 12.5. The molecule has 0 spiro atoms. The van der Waals surface area contributed by atoms with Gasteiger partial charge in [-0.05, 0) is 30.9 Å². The zero-order chi connectivity index (χ0) is 13.0. The average Bonchev–Trinajstić information content (AvgIpc) is 2.85. The topological polar surface area (TPSA) is 70.5 Å². The Balaban J connectivity index is 1.89. The van der Waals surface area contributed by atoms with Crippen molar-refractivity contribution in [1.82, 2.24) is 9.88 Å². The average molecular weight is 248 g/mol. The standard InChI is InChI=1S/C13H16N2O3/c16-12(17)5-4-10-6-8-15(9-10)13(18)11-3-1-2-7-14-11/h1-3,7,10H,4-6,8-9H2,(H,16,17). The number of nitrogens with zero attached hydrogens (tertiary/aromatic N) is 2. The van der Waals surface area contributed by atoms with Gasteiger partial charge in [-0.2, -0.15) is 0 Å². The molecule has 0 bridgehead atoms. The number of hydrogen-bond acceptors (Lipinski definition) is 3. The minimum absolute atomic E-state index is 0.0616. The molecule has 0 saturated carbocycles. The minimum Gasteiger partial charge on any atom is -0.481 e. The predicted octanol–water partition coefficient (Wildman–Crippen LogP) is 1.41. The number of carboxylic acid groups (broad SMARTS) is 1. The van der Waals surface area contributed by atoms with Crippen LogP contribution in [0.15, 0.2) is 24.4 Å². The second kappa shape index (κ2) is 5.62. The summed E-state index contributed by atoms with van der Waals surface area (Å²) in [7, 11) is 0. The van der Waals surface area contributed by atoms with Gasteiger partial charge in [0, 0.05) is 25.7 Å². The third kappa shape index (κ3) is 3.06. The van der Waals surface area contributed by atoms with E-state index >= 15 is 0 Å². The molecule has 1 saturated heterocycles. The molecule has 2 heterocycles. The Hall–Kier alpha value is -1.91. The zero-order valence-electron chi connectivity index (χ0n) is 10.1. The maximum absolute atomic E-state index is 12.1. The Morgan fingerprint density at radius 1 is 1.44 bits per heavy atom. The van der Waals surface area contributed by atoms with E-state index in [0.29, 0.717) is 31.1 Å². The third-order valence-corrected chi connectivity index (χ3v) is 3.22. The van der Waals surface area contributed by atoms with Gasteiger partial charge in [-0.15, -0.1) is 0 Å². The maximum Gasteiger partial charge on any atom is 0.303 e. The fraction of sp³-hybridized carbons (Fsp3) is 0.462. The van der Waals surface area contributed by atoms with Crippen LogP contribution in [0.5, 0.6) is 0 Å². The Labute approximate surface area is 105 Å². The first-order valence-corrected chi connectivity index (χ1v) is 6.09. The van der Waals surface area contributed by atoms with Crippen LogP contribution in [0, 0.1) is 5.92 Å². The summed E-state index contributed by atoms with van der Waals surface area (Å²) >= 11 is 0. The summed E-state index contributed by atoms with van der Waals surface area (Å²) in [6, 6.07) is 5.27. The molecule has 1 aliphatic heterocycles. The lowest BCUT2D eigenvalue weighted by molar-refractivity contribution is -0.137. The lowest BCUT2D eigenvalue weighted by Crippen LogP contribution is -2.29. The zero-order valence-corrected chi connectivity index (χ0v) is 10.1. The van der Waals surface area contributed by atoms with Crippen LogP contribution in [-0.4, -0.2) is 40.0 Å². The van der Waals surface area contributed by atoms with Crippen molar-refractivity contribution in [1.29, 1.82) is 0 Å². The molecule has 1 atom stereocenters. The highest BCUT2D eigenvalue weighted by atomic mass is 16.4. The molecule has 1 aromatic rings. The van der Waals surface area contributed by atoms with Gasteiger partial charge in [0.2, 0.25) is 0 Å². The summed E-state index contributed by atoms with van der Waals surface area (Å²) in [6.45, 7) is 1.34. The van der Waals surface area contributed by atoms with Crippen LogP contribution < -0.4 is 0 Å². The van der Waals surface area contributed by atoms with Gasteiger partial charge in [-0.3, -0.25) is 14.6 Å². The van der Waals surface area contributed by atoms with E-state index in [1.165, 1.54) is 0 Å². The Kier molecular flexibility index (Phi) is 3.92. The minimum atomic E-state index is -0.774. The smallest absolute Gasteiger partial charge is 0.303 e. The first-order chi connectivity index (χ1) is 8.66. The van der Waals surface area contributed by atoms with E-state index < -0.39 is 5.97 Å². The van der Waals surface area contributed by atoms with Gasteiger partial charge in [0.25, 0.3) is 5.91 Å². The van der Waals surface area contributed by atoms with E-state index in [2.05, 4.69) is 4.98 Å². The third-order valence-electron chi connectivity index (χ3n) is 3.22. The van der Waals surface area contributed by atoms with E-state index in [1.54, 1.807) is 29.3 Å². The van der Waals surface area contributed by atoms with Gasteiger partial charge in [0.05, 0.1) is 0 Å². The molecule has 5 nitrogen and oxygen atoms in total. The normalized spacial score (nSPS) is 18.9. The van der Waals surface area contributed by atoms with Crippen molar-refractivity contribution in [3.8, 4) is 0 Å². The lowest BCUT2D eigenvalue weighted by Gasteiger charge is -2.15. The monoisotopic (exact) mass is 248 g/mol. The SMILES string of the molecule is O=C(O)CCC1CCN(C(=O)c2ccccn2)C1. The van der Waals surface area contributed by atoms with Crippen LogP contribution in [0.25, 0.3) is 0 Å². The molecule has 96 valence electrons. The van der Waals surface area contributed by atoms with Crippen molar-refractivity contribution in [3.05, 3.63) is 30.1 Å². The Bertz CT molecular complexity index is 433.